The molecule has 8 heteroatoms. The zero-order chi connectivity index (χ0) is 20.3. The first-order chi connectivity index (χ1) is 14.0. The van der Waals surface area contributed by atoms with E-state index in [4.69, 9.17) is 0 Å². The number of rotatable bonds is 6. The fourth-order valence-corrected chi connectivity index (χ4v) is 3.55. The molecule has 0 bridgehead atoms. The summed E-state index contributed by atoms with van der Waals surface area (Å²) in [6, 6.07) is 18.3. The highest BCUT2D eigenvalue weighted by atomic mass is 32.2. The number of nitrogens with zero attached hydrogens (tertiary/aromatic N) is 3. The van der Waals surface area contributed by atoms with Crippen LogP contribution in [0, 0.1) is 0 Å². The third kappa shape index (κ3) is 4.33. The van der Waals surface area contributed by atoms with Crippen LogP contribution in [-0.2, 0) is 16.4 Å². The van der Waals surface area contributed by atoms with E-state index in [2.05, 4.69) is 25.5 Å². The average Bonchev–Trinajstić information content (AvgIpc) is 3.23. The Kier molecular flexibility index (Phi) is 5.09. The van der Waals surface area contributed by atoms with E-state index in [1.807, 2.05) is 36.4 Å². The van der Waals surface area contributed by atoms with Gasteiger partial charge in [0, 0.05) is 42.0 Å². The van der Waals surface area contributed by atoms with Gasteiger partial charge < -0.3 is 10.3 Å². The van der Waals surface area contributed by atoms with Crippen LogP contribution in [0.4, 0.5) is 5.69 Å². The van der Waals surface area contributed by atoms with Crippen LogP contribution in [0.15, 0.2) is 78.0 Å². The monoisotopic (exact) mass is 405 g/mol. The lowest BCUT2D eigenvalue weighted by Gasteiger charge is -2.10. The van der Waals surface area contributed by atoms with Crippen LogP contribution in [0.2, 0.25) is 0 Å². The molecule has 0 aliphatic rings. The normalized spacial score (nSPS) is 11.3. The van der Waals surface area contributed by atoms with E-state index in [1.165, 1.54) is 6.26 Å². The molecule has 2 aromatic heterocycles. The number of nitrogens with one attached hydrogen (secondary N) is 2. The summed E-state index contributed by atoms with van der Waals surface area (Å²) in [6.45, 7) is 0.660. The van der Waals surface area contributed by atoms with Gasteiger partial charge in [-0.25, -0.2) is 8.42 Å². The predicted octanol–water partition coefficient (Wildman–Crippen LogP) is 3.55. The predicted molar refractivity (Wildman–Crippen MR) is 112 cm³/mol. The van der Waals surface area contributed by atoms with Crippen LogP contribution in [-0.4, -0.2) is 34.8 Å². The molecule has 0 aliphatic carbocycles. The molecule has 0 amide bonds. The number of hydrogen-bond donors (Lipinski definition) is 2. The van der Waals surface area contributed by atoms with Crippen molar-refractivity contribution in [2.24, 2.45) is 0 Å². The van der Waals surface area contributed by atoms with Crippen LogP contribution < -0.4 is 5.32 Å². The van der Waals surface area contributed by atoms with E-state index in [1.54, 1.807) is 36.7 Å². The average molecular weight is 405 g/mol. The second-order valence-corrected chi connectivity index (χ2v) is 8.59. The minimum absolute atomic E-state index is 0.270. The molecule has 2 aromatic carbocycles. The zero-order valence-corrected chi connectivity index (χ0v) is 16.5. The van der Waals surface area contributed by atoms with Gasteiger partial charge in [-0.3, -0.25) is 4.98 Å². The molecule has 0 saturated carbocycles. The maximum absolute atomic E-state index is 11.6. The Morgan fingerprint density at radius 1 is 0.897 bits per heavy atom. The highest BCUT2D eigenvalue weighted by Crippen LogP contribution is 2.27. The van der Waals surface area contributed by atoms with Gasteiger partial charge in [-0.1, -0.05) is 12.1 Å². The van der Waals surface area contributed by atoms with Gasteiger partial charge in [0.25, 0.3) is 0 Å². The van der Waals surface area contributed by atoms with Crippen molar-refractivity contribution in [3.63, 3.8) is 0 Å². The summed E-state index contributed by atoms with van der Waals surface area (Å²) in [7, 11) is -3.23. The van der Waals surface area contributed by atoms with Gasteiger partial charge in [-0.05, 0) is 54.1 Å². The molecule has 0 spiro atoms. The minimum Gasteiger partial charge on any atom is -0.380 e. The fourth-order valence-electron chi connectivity index (χ4n) is 2.91. The molecule has 0 radical (unpaired) electrons. The smallest absolute Gasteiger partial charge is 0.175 e. The Labute approximate surface area is 168 Å². The van der Waals surface area contributed by atoms with Crippen molar-refractivity contribution in [1.82, 2.24) is 20.2 Å². The molecule has 4 rings (SSSR count). The molecule has 29 heavy (non-hydrogen) atoms. The van der Waals surface area contributed by atoms with E-state index >= 15 is 0 Å². The van der Waals surface area contributed by atoms with Gasteiger partial charge in [0.15, 0.2) is 21.5 Å². The van der Waals surface area contributed by atoms with Crippen molar-refractivity contribution in [3.8, 4) is 22.8 Å². The number of para-hydroxylation sites is 1. The number of aromatic nitrogens is 4. The number of H-pyrrole nitrogens is 1. The molecular weight excluding hydrogens is 386 g/mol. The summed E-state index contributed by atoms with van der Waals surface area (Å²) < 4.78 is 23.3. The Bertz CT molecular complexity index is 1220. The maximum Gasteiger partial charge on any atom is 0.175 e. The number of sulfone groups is 1. The van der Waals surface area contributed by atoms with E-state index in [0.717, 1.165) is 22.4 Å². The molecule has 0 aliphatic heterocycles. The number of aromatic amines is 1. The summed E-state index contributed by atoms with van der Waals surface area (Å²) in [5.74, 6) is 1.20. The summed E-state index contributed by atoms with van der Waals surface area (Å²) in [5.41, 5.74) is 3.71. The standard InChI is InChI=1S/C21H19N5O2S/c1-29(27,28)17-8-6-16(7-9-17)20-24-21(26-25-20)18-4-2-3-5-19(18)23-14-15-10-12-22-13-11-15/h2-13,23H,14H2,1H3,(H,24,25,26). The minimum atomic E-state index is -3.23. The Balaban J connectivity index is 1.58. The van der Waals surface area contributed by atoms with Crippen molar-refractivity contribution in [2.45, 2.75) is 11.4 Å². The van der Waals surface area contributed by atoms with E-state index in [9.17, 15) is 8.42 Å². The summed E-state index contributed by atoms with van der Waals surface area (Å²) in [6.07, 6.45) is 4.71. The number of hydrogen-bond acceptors (Lipinski definition) is 6. The van der Waals surface area contributed by atoms with E-state index < -0.39 is 9.84 Å². The van der Waals surface area contributed by atoms with Crippen molar-refractivity contribution in [1.29, 1.82) is 0 Å². The molecule has 2 N–H and O–H groups in total. The highest BCUT2D eigenvalue weighted by Gasteiger charge is 2.12. The summed E-state index contributed by atoms with van der Waals surface area (Å²) in [4.78, 5) is 7.52. The number of anilines is 1. The van der Waals surface area contributed by atoms with Gasteiger partial charge in [-0.2, -0.15) is 0 Å². The lowest BCUT2D eigenvalue weighted by molar-refractivity contribution is 0.602. The summed E-state index contributed by atoms with van der Waals surface area (Å²) >= 11 is 0. The maximum atomic E-state index is 11.6. The van der Waals surface area contributed by atoms with Crippen LogP contribution >= 0.6 is 0 Å². The highest BCUT2D eigenvalue weighted by molar-refractivity contribution is 7.90. The van der Waals surface area contributed by atoms with Gasteiger partial charge in [0.1, 0.15) is 0 Å². The number of benzene rings is 2. The summed E-state index contributed by atoms with van der Waals surface area (Å²) in [5, 5.41) is 11.9. The first-order valence-corrected chi connectivity index (χ1v) is 10.9. The van der Waals surface area contributed by atoms with Crippen LogP contribution in [0.5, 0.6) is 0 Å². The van der Waals surface area contributed by atoms with Crippen molar-refractivity contribution >= 4 is 15.5 Å². The van der Waals surface area contributed by atoms with E-state index in [0.29, 0.717) is 18.2 Å². The second kappa shape index (κ2) is 7.84. The first-order valence-electron chi connectivity index (χ1n) is 8.96. The Hall–Kier alpha value is -3.52. The van der Waals surface area contributed by atoms with Crippen LogP contribution in [0.3, 0.4) is 0 Å². The molecule has 0 fully saturated rings. The van der Waals surface area contributed by atoms with Gasteiger partial charge in [0.2, 0.25) is 0 Å². The van der Waals surface area contributed by atoms with Crippen LogP contribution in [0.1, 0.15) is 5.56 Å². The third-order valence-electron chi connectivity index (χ3n) is 4.46. The van der Waals surface area contributed by atoms with Gasteiger partial charge in [-0.15, -0.1) is 10.2 Å². The quantitative estimate of drug-likeness (QED) is 0.509. The topological polar surface area (TPSA) is 101 Å². The molecule has 4 aromatic rings. The lowest BCUT2D eigenvalue weighted by Crippen LogP contribution is -2.01. The van der Waals surface area contributed by atoms with E-state index in [-0.39, 0.29) is 4.90 Å². The van der Waals surface area contributed by atoms with Gasteiger partial charge in [0.05, 0.1) is 4.90 Å². The molecule has 2 heterocycles. The SMILES string of the molecule is CS(=O)(=O)c1ccc(-c2nnc(-c3ccccc3NCc3ccncc3)[nH]2)cc1. The Morgan fingerprint density at radius 2 is 1.59 bits per heavy atom. The van der Waals surface area contributed by atoms with Gasteiger partial charge >= 0.3 is 0 Å². The van der Waals surface area contributed by atoms with Crippen molar-refractivity contribution in [2.75, 3.05) is 11.6 Å². The zero-order valence-electron chi connectivity index (χ0n) is 15.7. The third-order valence-corrected chi connectivity index (χ3v) is 5.59. The molecular formula is C21H19N5O2S. The first kappa shape index (κ1) is 18.8. The molecule has 146 valence electrons. The number of pyridine rings is 1. The molecule has 7 nitrogen and oxygen atoms in total. The second-order valence-electron chi connectivity index (χ2n) is 6.57. The van der Waals surface area contributed by atoms with Crippen LogP contribution in [0.25, 0.3) is 22.8 Å². The van der Waals surface area contributed by atoms with Crippen molar-refractivity contribution in [3.05, 3.63) is 78.6 Å². The lowest BCUT2D eigenvalue weighted by atomic mass is 10.1. The molecule has 0 saturated heterocycles. The van der Waals surface area contributed by atoms with Crippen molar-refractivity contribution < 1.29 is 8.42 Å². The Morgan fingerprint density at radius 3 is 2.31 bits per heavy atom. The fraction of sp³-hybridized carbons (Fsp3) is 0.0952. The largest absolute Gasteiger partial charge is 0.380 e. The molecule has 0 atom stereocenters. The molecule has 0 unspecified atom stereocenters.